The van der Waals surface area contributed by atoms with Crippen LogP contribution in [0.15, 0.2) is 78.9 Å². The van der Waals surface area contributed by atoms with Crippen molar-refractivity contribution < 1.29 is 19.8 Å². The van der Waals surface area contributed by atoms with Crippen molar-refractivity contribution in [2.75, 3.05) is 5.32 Å². The number of rotatable bonds is 5. The zero-order valence-corrected chi connectivity index (χ0v) is 13.8. The van der Waals surface area contributed by atoms with Gasteiger partial charge >= 0.3 is 5.97 Å². The van der Waals surface area contributed by atoms with Crippen LogP contribution in [-0.2, 0) is 4.79 Å². The lowest BCUT2D eigenvalue weighted by Gasteiger charge is -2.19. The summed E-state index contributed by atoms with van der Waals surface area (Å²) in [5, 5.41) is 23.4. The lowest BCUT2D eigenvalue weighted by atomic mass is 9.90. The molecule has 3 aromatic rings. The van der Waals surface area contributed by atoms with Crippen LogP contribution in [0.1, 0.15) is 27.4 Å². The highest BCUT2D eigenvalue weighted by molar-refractivity contribution is 6.04. The largest absolute Gasteiger partial charge is 0.872 e. The topological polar surface area (TPSA) is 89.5 Å². The smallest absolute Gasteiger partial charge is 0.337 e. The third kappa shape index (κ3) is 3.72. The maximum atomic E-state index is 13.0. The Hall–Kier alpha value is -3.60. The van der Waals surface area contributed by atoms with Crippen LogP contribution in [0.2, 0.25) is 0 Å². The Morgan fingerprint density at radius 2 is 1.38 bits per heavy atom. The fourth-order valence-electron chi connectivity index (χ4n) is 2.80. The molecule has 1 amide bonds. The second-order valence-electron chi connectivity index (χ2n) is 5.76. The molecule has 0 saturated heterocycles. The Kier molecular flexibility index (Phi) is 4.99. The number of hydrogen-bond acceptors (Lipinski definition) is 3. The quantitative estimate of drug-likeness (QED) is 0.742. The van der Waals surface area contributed by atoms with Crippen molar-refractivity contribution in [3.63, 3.8) is 0 Å². The van der Waals surface area contributed by atoms with Gasteiger partial charge in [0, 0.05) is 0 Å². The first kappa shape index (κ1) is 17.2. The molecule has 0 atom stereocenters. The molecule has 5 heteroatoms. The predicted octanol–water partition coefficient (Wildman–Crippen LogP) is 3.23. The van der Waals surface area contributed by atoms with E-state index in [2.05, 4.69) is 5.32 Å². The molecule has 0 aliphatic carbocycles. The standard InChI is InChI=1S/C21H17NO4/c23-16-11-12-18(17(13-16)21(25)26)22-20(24)19(14-7-3-1-4-8-14)15-9-5-2-6-10-15/h1-13,19,23H,(H,22,24)(H,25,26)/p-1. The molecular formula is C21H16NO4-. The first-order valence-corrected chi connectivity index (χ1v) is 8.01. The van der Waals surface area contributed by atoms with Crippen LogP contribution < -0.4 is 10.4 Å². The van der Waals surface area contributed by atoms with E-state index in [1.54, 1.807) is 0 Å². The summed E-state index contributed by atoms with van der Waals surface area (Å²) < 4.78 is 0. The van der Waals surface area contributed by atoms with Crippen molar-refractivity contribution >= 4 is 17.6 Å². The number of hydrogen-bond donors (Lipinski definition) is 2. The molecule has 0 aliphatic rings. The number of carbonyl (C=O) groups is 2. The highest BCUT2D eigenvalue weighted by Crippen LogP contribution is 2.28. The molecule has 0 radical (unpaired) electrons. The Morgan fingerprint density at radius 1 is 0.846 bits per heavy atom. The molecule has 26 heavy (non-hydrogen) atoms. The first-order valence-electron chi connectivity index (χ1n) is 8.01. The molecule has 130 valence electrons. The highest BCUT2D eigenvalue weighted by Gasteiger charge is 2.24. The van der Waals surface area contributed by atoms with E-state index in [4.69, 9.17) is 0 Å². The van der Waals surface area contributed by atoms with Gasteiger partial charge in [0.05, 0.1) is 17.2 Å². The second kappa shape index (κ2) is 7.53. The van der Waals surface area contributed by atoms with Gasteiger partial charge in [0.25, 0.3) is 0 Å². The summed E-state index contributed by atoms with van der Waals surface area (Å²) >= 11 is 0. The van der Waals surface area contributed by atoms with Gasteiger partial charge in [-0.1, -0.05) is 72.8 Å². The van der Waals surface area contributed by atoms with E-state index >= 15 is 0 Å². The summed E-state index contributed by atoms with van der Waals surface area (Å²) in [6, 6.07) is 22.0. The zero-order valence-electron chi connectivity index (χ0n) is 13.8. The van der Waals surface area contributed by atoms with Crippen molar-refractivity contribution in [3.05, 3.63) is 95.6 Å². The number of nitrogens with one attached hydrogen (secondary N) is 1. The van der Waals surface area contributed by atoms with E-state index in [-0.39, 0.29) is 17.2 Å². The molecular weight excluding hydrogens is 330 g/mol. The first-order chi connectivity index (χ1) is 12.6. The highest BCUT2D eigenvalue weighted by atomic mass is 16.4. The van der Waals surface area contributed by atoms with E-state index in [1.165, 1.54) is 12.1 Å². The third-order valence-corrected chi connectivity index (χ3v) is 4.01. The number of carbonyl (C=O) groups excluding carboxylic acids is 1. The van der Waals surface area contributed by atoms with Crippen LogP contribution in [0.25, 0.3) is 0 Å². The van der Waals surface area contributed by atoms with Crippen molar-refractivity contribution in [3.8, 4) is 5.75 Å². The van der Waals surface area contributed by atoms with E-state index in [1.807, 2.05) is 60.7 Å². The van der Waals surface area contributed by atoms with E-state index in [0.717, 1.165) is 17.2 Å². The van der Waals surface area contributed by atoms with Gasteiger partial charge in [-0.2, -0.15) is 0 Å². The molecule has 0 saturated carbocycles. The molecule has 0 spiro atoms. The number of carboxylic acids is 1. The summed E-state index contributed by atoms with van der Waals surface area (Å²) in [7, 11) is 0. The van der Waals surface area contributed by atoms with Crippen molar-refractivity contribution in [2.45, 2.75) is 5.92 Å². The summed E-state index contributed by atoms with van der Waals surface area (Å²) in [5.41, 5.74) is 1.44. The van der Waals surface area contributed by atoms with Crippen LogP contribution in [0.5, 0.6) is 5.75 Å². The minimum Gasteiger partial charge on any atom is -0.872 e. The van der Waals surface area contributed by atoms with Gasteiger partial charge in [-0.15, -0.1) is 5.75 Å². The zero-order chi connectivity index (χ0) is 18.5. The summed E-state index contributed by atoms with van der Waals surface area (Å²) in [5.74, 6) is -2.67. The predicted molar refractivity (Wildman–Crippen MR) is 96.2 cm³/mol. The second-order valence-corrected chi connectivity index (χ2v) is 5.76. The number of carboxylic acid groups (broad SMARTS) is 1. The Balaban J connectivity index is 1.99. The Bertz CT molecular complexity index is 884. The monoisotopic (exact) mass is 346 g/mol. The number of aromatic carboxylic acids is 1. The number of anilines is 1. The molecule has 3 aromatic carbocycles. The molecule has 0 bridgehead atoms. The molecule has 0 aliphatic heterocycles. The lowest BCUT2D eigenvalue weighted by molar-refractivity contribution is -0.268. The molecule has 5 nitrogen and oxygen atoms in total. The Labute approximate surface area is 150 Å². The average molecular weight is 346 g/mol. The van der Waals surface area contributed by atoms with Crippen LogP contribution >= 0.6 is 0 Å². The van der Waals surface area contributed by atoms with Crippen LogP contribution in [0, 0.1) is 0 Å². The van der Waals surface area contributed by atoms with Gasteiger partial charge in [-0.25, -0.2) is 4.79 Å². The van der Waals surface area contributed by atoms with E-state index < -0.39 is 17.6 Å². The number of amides is 1. The van der Waals surface area contributed by atoms with Crippen molar-refractivity contribution in [2.24, 2.45) is 0 Å². The van der Waals surface area contributed by atoms with Gasteiger partial charge in [0.1, 0.15) is 0 Å². The van der Waals surface area contributed by atoms with Crippen LogP contribution in [-0.4, -0.2) is 17.0 Å². The summed E-state index contributed by atoms with van der Waals surface area (Å²) in [4.78, 5) is 24.4. The van der Waals surface area contributed by atoms with Gasteiger partial charge in [-0.05, 0) is 17.2 Å². The molecule has 2 N–H and O–H groups in total. The minimum absolute atomic E-state index is 0.0963. The molecule has 0 fully saturated rings. The third-order valence-electron chi connectivity index (χ3n) is 4.01. The molecule has 3 rings (SSSR count). The summed E-state index contributed by atoms with van der Waals surface area (Å²) in [6.45, 7) is 0. The number of benzene rings is 3. The fraction of sp³-hybridized carbons (Fsp3) is 0.0476. The Morgan fingerprint density at radius 3 is 1.88 bits per heavy atom. The van der Waals surface area contributed by atoms with Crippen molar-refractivity contribution in [1.29, 1.82) is 0 Å². The molecule has 0 aromatic heterocycles. The van der Waals surface area contributed by atoms with Gasteiger partial charge in [0.15, 0.2) is 0 Å². The van der Waals surface area contributed by atoms with Crippen molar-refractivity contribution in [1.82, 2.24) is 0 Å². The van der Waals surface area contributed by atoms with E-state index in [0.29, 0.717) is 0 Å². The van der Waals surface area contributed by atoms with Gasteiger partial charge in [0.2, 0.25) is 5.91 Å². The maximum Gasteiger partial charge on any atom is 0.337 e. The molecule has 0 heterocycles. The van der Waals surface area contributed by atoms with Gasteiger partial charge in [-0.3, -0.25) is 4.79 Å². The lowest BCUT2D eigenvalue weighted by Crippen LogP contribution is -2.23. The maximum absolute atomic E-state index is 13.0. The van der Waals surface area contributed by atoms with Crippen LogP contribution in [0.4, 0.5) is 5.69 Å². The van der Waals surface area contributed by atoms with E-state index in [9.17, 15) is 19.8 Å². The normalized spacial score (nSPS) is 10.5. The summed E-state index contributed by atoms with van der Waals surface area (Å²) in [6.07, 6.45) is 0. The average Bonchev–Trinajstić information content (AvgIpc) is 2.65. The fourth-order valence-corrected chi connectivity index (χ4v) is 2.80. The minimum atomic E-state index is -1.27. The van der Waals surface area contributed by atoms with Crippen LogP contribution in [0.3, 0.4) is 0 Å². The molecule has 0 unspecified atom stereocenters. The van der Waals surface area contributed by atoms with Gasteiger partial charge < -0.3 is 15.5 Å². The SMILES string of the molecule is O=C(O)c1cc([O-])ccc1NC(=O)C(c1ccccc1)c1ccccc1.